The van der Waals surface area contributed by atoms with Crippen molar-refractivity contribution in [1.29, 1.82) is 0 Å². The SMILES string of the molecule is CC1CCCC(CN)N1C(=O)C1CCCS1. The number of nitrogens with zero attached hydrogens (tertiary/aromatic N) is 1. The molecule has 3 atom stereocenters. The Morgan fingerprint density at radius 3 is 2.81 bits per heavy atom. The van der Waals surface area contributed by atoms with Gasteiger partial charge in [-0.25, -0.2) is 0 Å². The molecule has 0 radical (unpaired) electrons. The zero-order valence-electron chi connectivity index (χ0n) is 10.0. The van der Waals surface area contributed by atoms with E-state index in [0.717, 1.165) is 25.0 Å². The van der Waals surface area contributed by atoms with Gasteiger partial charge in [0.2, 0.25) is 5.91 Å². The summed E-state index contributed by atoms with van der Waals surface area (Å²) in [7, 11) is 0. The highest BCUT2D eigenvalue weighted by Crippen LogP contribution is 2.31. The molecule has 0 aromatic carbocycles. The predicted octanol–water partition coefficient (Wildman–Crippen LogP) is 1.61. The molecule has 0 aromatic rings. The van der Waals surface area contributed by atoms with Crippen molar-refractivity contribution in [3.05, 3.63) is 0 Å². The Hall–Kier alpha value is -0.220. The van der Waals surface area contributed by atoms with E-state index in [2.05, 4.69) is 11.8 Å². The molecule has 2 fully saturated rings. The van der Waals surface area contributed by atoms with Crippen molar-refractivity contribution >= 4 is 17.7 Å². The summed E-state index contributed by atoms with van der Waals surface area (Å²) in [6, 6.07) is 0.674. The molecule has 2 saturated heterocycles. The summed E-state index contributed by atoms with van der Waals surface area (Å²) >= 11 is 1.83. The average molecular weight is 242 g/mol. The van der Waals surface area contributed by atoms with Crippen LogP contribution in [0.1, 0.15) is 39.0 Å². The van der Waals surface area contributed by atoms with E-state index >= 15 is 0 Å². The fraction of sp³-hybridized carbons (Fsp3) is 0.917. The number of amides is 1. The van der Waals surface area contributed by atoms with Crippen molar-refractivity contribution < 1.29 is 4.79 Å². The fourth-order valence-corrected chi connectivity index (χ4v) is 4.07. The van der Waals surface area contributed by atoms with E-state index in [9.17, 15) is 4.79 Å². The minimum Gasteiger partial charge on any atom is -0.335 e. The van der Waals surface area contributed by atoms with Crippen molar-refractivity contribution in [2.75, 3.05) is 12.3 Å². The minimum atomic E-state index is 0.217. The maximum Gasteiger partial charge on any atom is 0.236 e. The van der Waals surface area contributed by atoms with Gasteiger partial charge in [-0.3, -0.25) is 4.79 Å². The maximum atomic E-state index is 12.4. The summed E-state index contributed by atoms with van der Waals surface area (Å²) in [5.41, 5.74) is 5.79. The Labute approximate surface area is 102 Å². The molecule has 3 unspecified atom stereocenters. The Morgan fingerprint density at radius 2 is 2.19 bits per heavy atom. The first-order valence-electron chi connectivity index (χ1n) is 6.38. The zero-order valence-corrected chi connectivity index (χ0v) is 10.8. The van der Waals surface area contributed by atoms with Gasteiger partial charge in [-0.15, -0.1) is 11.8 Å². The van der Waals surface area contributed by atoms with Crippen LogP contribution in [-0.4, -0.2) is 40.4 Å². The van der Waals surface area contributed by atoms with E-state index < -0.39 is 0 Å². The lowest BCUT2D eigenvalue weighted by molar-refractivity contribution is -0.136. The number of nitrogens with two attached hydrogens (primary N) is 1. The molecule has 2 aliphatic heterocycles. The Morgan fingerprint density at radius 1 is 1.38 bits per heavy atom. The standard InChI is InChI=1S/C12H22N2OS/c1-9-4-2-5-10(8-13)14(9)12(15)11-6-3-7-16-11/h9-11H,2-8,13H2,1H3. The topological polar surface area (TPSA) is 46.3 Å². The first kappa shape index (κ1) is 12.2. The number of carbonyl (C=O) groups excluding carboxylic acids is 1. The summed E-state index contributed by atoms with van der Waals surface area (Å²) in [4.78, 5) is 14.5. The number of hydrogen-bond donors (Lipinski definition) is 1. The van der Waals surface area contributed by atoms with Crippen molar-refractivity contribution in [3.8, 4) is 0 Å². The second-order valence-electron chi connectivity index (χ2n) is 4.92. The molecule has 0 bridgehead atoms. The number of rotatable bonds is 2. The highest BCUT2D eigenvalue weighted by atomic mass is 32.2. The van der Waals surface area contributed by atoms with Gasteiger partial charge in [-0.1, -0.05) is 0 Å². The minimum absolute atomic E-state index is 0.217. The van der Waals surface area contributed by atoms with Crippen LogP contribution < -0.4 is 5.73 Å². The molecule has 0 aliphatic carbocycles. The molecule has 92 valence electrons. The van der Waals surface area contributed by atoms with Gasteiger partial charge in [-0.2, -0.15) is 0 Å². The normalized spacial score (nSPS) is 35.4. The maximum absolute atomic E-state index is 12.4. The molecular formula is C12H22N2OS. The van der Waals surface area contributed by atoms with E-state index in [0.29, 0.717) is 18.5 Å². The van der Waals surface area contributed by atoms with Crippen molar-refractivity contribution in [2.24, 2.45) is 5.73 Å². The second-order valence-corrected chi connectivity index (χ2v) is 6.23. The molecule has 2 rings (SSSR count). The highest BCUT2D eigenvalue weighted by Gasteiger charge is 2.35. The smallest absolute Gasteiger partial charge is 0.236 e. The van der Waals surface area contributed by atoms with Crippen LogP contribution in [0, 0.1) is 0 Å². The molecule has 2 N–H and O–H groups in total. The second kappa shape index (κ2) is 5.41. The number of thioether (sulfide) groups is 1. The van der Waals surface area contributed by atoms with Crippen LogP contribution in [-0.2, 0) is 4.79 Å². The van der Waals surface area contributed by atoms with E-state index in [1.807, 2.05) is 11.8 Å². The van der Waals surface area contributed by atoms with Crippen LogP contribution in [0.25, 0.3) is 0 Å². The summed E-state index contributed by atoms with van der Waals surface area (Å²) in [6.07, 6.45) is 5.69. The van der Waals surface area contributed by atoms with Gasteiger partial charge >= 0.3 is 0 Å². The van der Waals surface area contributed by atoms with E-state index in [-0.39, 0.29) is 11.3 Å². The van der Waals surface area contributed by atoms with Crippen molar-refractivity contribution in [2.45, 2.75) is 56.4 Å². The lowest BCUT2D eigenvalue weighted by atomic mass is 9.95. The number of piperidine rings is 1. The van der Waals surface area contributed by atoms with Crippen LogP contribution in [0.5, 0.6) is 0 Å². The molecule has 0 spiro atoms. The van der Waals surface area contributed by atoms with Crippen LogP contribution in [0.15, 0.2) is 0 Å². The fourth-order valence-electron chi connectivity index (χ4n) is 2.85. The van der Waals surface area contributed by atoms with Gasteiger partial charge in [0.25, 0.3) is 0 Å². The summed E-state index contributed by atoms with van der Waals surface area (Å²) in [5, 5.41) is 0.217. The van der Waals surface area contributed by atoms with E-state index in [1.165, 1.54) is 12.8 Å². The molecule has 4 heteroatoms. The summed E-state index contributed by atoms with van der Waals surface area (Å²) in [5.74, 6) is 1.50. The average Bonchev–Trinajstić information content (AvgIpc) is 2.81. The largest absolute Gasteiger partial charge is 0.335 e. The van der Waals surface area contributed by atoms with E-state index in [1.54, 1.807) is 0 Å². The Balaban J connectivity index is 2.05. The molecule has 3 nitrogen and oxygen atoms in total. The predicted molar refractivity (Wildman–Crippen MR) is 68.5 cm³/mol. The zero-order chi connectivity index (χ0) is 11.5. The number of hydrogen-bond acceptors (Lipinski definition) is 3. The molecule has 0 aromatic heterocycles. The third kappa shape index (κ3) is 2.38. The number of likely N-dealkylation sites (tertiary alicyclic amines) is 1. The molecule has 2 heterocycles. The summed E-state index contributed by atoms with van der Waals surface area (Å²) in [6.45, 7) is 2.78. The Bertz CT molecular complexity index is 253. The number of carbonyl (C=O) groups is 1. The van der Waals surface area contributed by atoms with Gasteiger partial charge < -0.3 is 10.6 Å². The molecule has 16 heavy (non-hydrogen) atoms. The monoisotopic (exact) mass is 242 g/mol. The van der Waals surface area contributed by atoms with Crippen LogP contribution in [0.3, 0.4) is 0 Å². The van der Waals surface area contributed by atoms with Gasteiger partial charge in [0.1, 0.15) is 0 Å². The van der Waals surface area contributed by atoms with Crippen molar-refractivity contribution in [1.82, 2.24) is 4.90 Å². The third-order valence-electron chi connectivity index (χ3n) is 3.76. The molecule has 1 amide bonds. The highest BCUT2D eigenvalue weighted by molar-refractivity contribution is 8.00. The van der Waals surface area contributed by atoms with Crippen LogP contribution in [0.2, 0.25) is 0 Å². The quantitative estimate of drug-likeness (QED) is 0.800. The molecule has 2 aliphatic rings. The Kier molecular flexibility index (Phi) is 4.14. The molecular weight excluding hydrogens is 220 g/mol. The van der Waals surface area contributed by atoms with Crippen LogP contribution >= 0.6 is 11.8 Å². The van der Waals surface area contributed by atoms with Crippen molar-refractivity contribution in [3.63, 3.8) is 0 Å². The van der Waals surface area contributed by atoms with Gasteiger partial charge in [0, 0.05) is 18.6 Å². The third-order valence-corrected chi connectivity index (χ3v) is 5.12. The first-order valence-corrected chi connectivity index (χ1v) is 7.42. The van der Waals surface area contributed by atoms with Crippen LogP contribution in [0.4, 0.5) is 0 Å². The lowest BCUT2D eigenvalue weighted by Crippen LogP contribution is -2.54. The van der Waals surface area contributed by atoms with Gasteiger partial charge in [0.15, 0.2) is 0 Å². The lowest BCUT2D eigenvalue weighted by Gasteiger charge is -2.41. The van der Waals surface area contributed by atoms with Gasteiger partial charge in [-0.05, 0) is 44.8 Å². The molecule has 0 saturated carbocycles. The van der Waals surface area contributed by atoms with E-state index in [4.69, 9.17) is 5.73 Å². The summed E-state index contributed by atoms with van der Waals surface area (Å²) < 4.78 is 0. The van der Waals surface area contributed by atoms with Gasteiger partial charge in [0.05, 0.1) is 5.25 Å². The first-order chi connectivity index (χ1) is 7.74.